The third-order valence-electron chi connectivity index (χ3n) is 8.02. The van der Waals surface area contributed by atoms with E-state index in [-0.39, 0.29) is 22.8 Å². The van der Waals surface area contributed by atoms with Crippen LogP contribution in [0.25, 0.3) is 0 Å². The van der Waals surface area contributed by atoms with Crippen molar-refractivity contribution < 1.29 is 22.7 Å². The predicted octanol–water partition coefficient (Wildman–Crippen LogP) is 4.04. The van der Waals surface area contributed by atoms with Crippen LogP contribution in [-0.2, 0) is 14.8 Å². The number of sulfonamides is 1. The molecular weight excluding hydrogens is 526 g/mol. The zero-order chi connectivity index (χ0) is 28.1. The summed E-state index contributed by atoms with van der Waals surface area (Å²) in [7, 11) is -0.704. The number of nitrogens with zero attached hydrogens (tertiary/aromatic N) is 3. The van der Waals surface area contributed by atoms with Crippen LogP contribution in [0.1, 0.15) is 30.0 Å². The van der Waals surface area contributed by atoms with Crippen LogP contribution < -0.4 is 9.47 Å². The normalized spacial score (nSPS) is 17.6. The Morgan fingerprint density at radius 3 is 1.82 bits per heavy atom. The van der Waals surface area contributed by atoms with E-state index in [2.05, 4.69) is 53.4 Å². The minimum absolute atomic E-state index is 0.138. The smallest absolute Gasteiger partial charge is 0.243 e. The van der Waals surface area contributed by atoms with Gasteiger partial charge in [-0.2, -0.15) is 4.31 Å². The molecule has 2 heterocycles. The number of amides is 1. The summed E-state index contributed by atoms with van der Waals surface area (Å²) >= 11 is 0. The fraction of sp³-hybridized carbons (Fsp3) is 0.387. The maximum absolute atomic E-state index is 13.5. The van der Waals surface area contributed by atoms with Gasteiger partial charge < -0.3 is 14.4 Å². The molecule has 2 saturated heterocycles. The number of carbonyl (C=O) groups is 1. The number of piperidine rings is 1. The molecule has 0 bridgehead atoms. The Bertz CT molecular complexity index is 1350. The number of rotatable bonds is 8. The minimum Gasteiger partial charge on any atom is -0.493 e. The number of hydrogen-bond acceptors (Lipinski definition) is 6. The summed E-state index contributed by atoms with van der Waals surface area (Å²) in [6, 6.07) is 25.8. The van der Waals surface area contributed by atoms with Crippen LogP contribution in [0.4, 0.5) is 0 Å². The van der Waals surface area contributed by atoms with Gasteiger partial charge in [0.05, 0.1) is 25.2 Å². The van der Waals surface area contributed by atoms with Crippen molar-refractivity contribution in [1.82, 2.24) is 14.1 Å². The first-order valence-corrected chi connectivity index (χ1v) is 15.2. The lowest BCUT2D eigenvalue weighted by Gasteiger charge is -2.41. The lowest BCUT2D eigenvalue weighted by Crippen LogP contribution is -2.52. The van der Waals surface area contributed by atoms with E-state index in [4.69, 9.17) is 9.47 Å². The van der Waals surface area contributed by atoms with Crippen molar-refractivity contribution in [1.29, 1.82) is 0 Å². The van der Waals surface area contributed by atoms with Crippen LogP contribution in [0, 0.1) is 5.92 Å². The molecule has 2 aliphatic rings. The largest absolute Gasteiger partial charge is 0.493 e. The molecule has 3 aromatic rings. The summed E-state index contributed by atoms with van der Waals surface area (Å²) in [5.74, 6) is 0.820. The van der Waals surface area contributed by atoms with Crippen LogP contribution in [0.3, 0.4) is 0 Å². The molecule has 0 spiro atoms. The van der Waals surface area contributed by atoms with Crippen molar-refractivity contribution in [2.45, 2.75) is 23.8 Å². The number of benzene rings is 3. The van der Waals surface area contributed by atoms with E-state index in [0.717, 1.165) is 13.1 Å². The number of piperazine rings is 1. The molecule has 2 aliphatic heterocycles. The third-order valence-corrected chi connectivity index (χ3v) is 9.91. The minimum atomic E-state index is -3.70. The molecule has 212 valence electrons. The number of ether oxygens (including phenoxy) is 2. The molecule has 2 fully saturated rings. The summed E-state index contributed by atoms with van der Waals surface area (Å²) in [4.78, 5) is 18.0. The fourth-order valence-corrected chi connectivity index (χ4v) is 7.30. The highest BCUT2D eigenvalue weighted by Gasteiger charge is 2.36. The summed E-state index contributed by atoms with van der Waals surface area (Å²) in [5, 5.41) is 0. The van der Waals surface area contributed by atoms with Gasteiger partial charge in [0.15, 0.2) is 11.5 Å². The van der Waals surface area contributed by atoms with Gasteiger partial charge >= 0.3 is 0 Å². The van der Waals surface area contributed by atoms with E-state index in [1.54, 1.807) is 6.07 Å². The Morgan fingerprint density at radius 2 is 1.30 bits per heavy atom. The van der Waals surface area contributed by atoms with Crippen molar-refractivity contribution in [3.05, 3.63) is 90.0 Å². The zero-order valence-corrected chi connectivity index (χ0v) is 23.9. The summed E-state index contributed by atoms with van der Waals surface area (Å²) in [5.41, 5.74) is 2.49. The third kappa shape index (κ3) is 5.87. The number of hydrogen-bond donors (Lipinski definition) is 0. The number of methoxy groups -OCH3 is 2. The second kappa shape index (κ2) is 12.4. The number of carbonyl (C=O) groups excluding carboxylic acids is 1. The molecule has 9 heteroatoms. The van der Waals surface area contributed by atoms with Gasteiger partial charge in [0.1, 0.15) is 0 Å². The predicted molar refractivity (Wildman–Crippen MR) is 154 cm³/mol. The first kappa shape index (κ1) is 28.1. The van der Waals surface area contributed by atoms with Gasteiger partial charge in [-0.1, -0.05) is 60.7 Å². The first-order valence-electron chi connectivity index (χ1n) is 13.8. The molecule has 0 aromatic heterocycles. The van der Waals surface area contributed by atoms with E-state index in [0.29, 0.717) is 50.5 Å². The van der Waals surface area contributed by atoms with Gasteiger partial charge in [0.25, 0.3) is 0 Å². The lowest BCUT2D eigenvalue weighted by atomic mass is 9.95. The fourth-order valence-electron chi connectivity index (χ4n) is 5.81. The molecule has 5 rings (SSSR count). The van der Waals surface area contributed by atoms with Gasteiger partial charge in [0, 0.05) is 51.3 Å². The van der Waals surface area contributed by atoms with Gasteiger partial charge in [-0.15, -0.1) is 0 Å². The van der Waals surface area contributed by atoms with E-state index < -0.39 is 10.0 Å². The maximum atomic E-state index is 13.5. The Morgan fingerprint density at radius 1 is 0.750 bits per heavy atom. The molecule has 0 aliphatic carbocycles. The highest BCUT2D eigenvalue weighted by Crippen LogP contribution is 2.33. The molecule has 0 N–H and O–H groups in total. The van der Waals surface area contributed by atoms with Crippen LogP contribution >= 0.6 is 0 Å². The van der Waals surface area contributed by atoms with Crippen LogP contribution in [0.2, 0.25) is 0 Å². The highest BCUT2D eigenvalue weighted by molar-refractivity contribution is 7.89. The summed E-state index contributed by atoms with van der Waals surface area (Å²) in [6.07, 6.45) is 1.03. The average Bonchev–Trinajstić information content (AvgIpc) is 3.02. The molecule has 0 saturated carbocycles. The first-order chi connectivity index (χ1) is 19.4. The lowest BCUT2D eigenvalue weighted by molar-refractivity contribution is -0.138. The molecule has 1 amide bonds. The Balaban J connectivity index is 1.19. The van der Waals surface area contributed by atoms with Gasteiger partial charge in [0.2, 0.25) is 15.9 Å². The van der Waals surface area contributed by atoms with Crippen molar-refractivity contribution in [3.63, 3.8) is 0 Å². The van der Waals surface area contributed by atoms with Crippen LogP contribution in [-0.4, -0.2) is 81.9 Å². The SMILES string of the molecule is COc1ccc(S(=O)(=O)N2CCC(C(=O)N3CCN(C(c4ccccc4)c4ccccc4)CC3)CC2)cc1OC. The van der Waals surface area contributed by atoms with Crippen molar-refractivity contribution in [3.8, 4) is 11.5 Å². The van der Waals surface area contributed by atoms with Crippen molar-refractivity contribution in [2.24, 2.45) is 5.92 Å². The van der Waals surface area contributed by atoms with E-state index >= 15 is 0 Å². The summed E-state index contributed by atoms with van der Waals surface area (Å²) in [6.45, 7) is 3.53. The average molecular weight is 564 g/mol. The molecule has 40 heavy (non-hydrogen) atoms. The highest BCUT2D eigenvalue weighted by atomic mass is 32.2. The molecule has 0 radical (unpaired) electrons. The second-order valence-electron chi connectivity index (χ2n) is 10.3. The standard InChI is InChI=1S/C31H37N3O5S/c1-38-28-14-13-27(23-29(28)39-2)40(36,37)34-17-15-26(16-18-34)31(35)33-21-19-32(20-22-33)30(24-9-5-3-6-10-24)25-11-7-4-8-12-25/h3-14,23,26,30H,15-22H2,1-2H3. The molecular formula is C31H37N3O5S. The topological polar surface area (TPSA) is 79.4 Å². The second-order valence-corrected chi connectivity index (χ2v) is 12.2. The molecule has 8 nitrogen and oxygen atoms in total. The quantitative estimate of drug-likeness (QED) is 0.412. The van der Waals surface area contributed by atoms with Gasteiger partial charge in [-0.3, -0.25) is 9.69 Å². The summed E-state index contributed by atoms with van der Waals surface area (Å²) < 4.78 is 38.6. The van der Waals surface area contributed by atoms with Gasteiger partial charge in [-0.25, -0.2) is 8.42 Å². The Kier molecular flexibility index (Phi) is 8.73. The Hall–Kier alpha value is -3.40. The van der Waals surface area contributed by atoms with E-state index in [1.165, 1.54) is 41.8 Å². The van der Waals surface area contributed by atoms with Crippen molar-refractivity contribution >= 4 is 15.9 Å². The Labute approximate surface area is 237 Å². The molecule has 0 unspecified atom stereocenters. The molecule has 3 aromatic carbocycles. The van der Waals surface area contributed by atoms with Crippen LogP contribution in [0.15, 0.2) is 83.8 Å². The monoisotopic (exact) mass is 563 g/mol. The van der Waals surface area contributed by atoms with E-state index in [9.17, 15) is 13.2 Å². The van der Waals surface area contributed by atoms with Gasteiger partial charge in [-0.05, 0) is 36.1 Å². The van der Waals surface area contributed by atoms with Crippen LogP contribution in [0.5, 0.6) is 11.5 Å². The van der Waals surface area contributed by atoms with E-state index in [1.807, 2.05) is 17.0 Å². The zero-order valence-electron chi connectivity index (χ0n) is 23.1. The maximum Gasteiger partial charge on any atom is 0.243 e. The van der Waals surface area contributed by atoms with Crippen molar-refractivity contribution in [2.75, 3.05) is 53.5 Å². The molecule has 0 atom stereocenters.